The van der Waals surface area contributed by atoms with Gasteiger partial charge in [-0.15, -0.1) is 0 Å². The van der Waals surface area contributed by atoms with E-state index in [0.29, 0.717) is 6.42 Å². The topological polar surface area (TPSA) is 57.4 Å². The normalized spacial score (nSPS) is 17.0. The maximum atomic E-state index is 10.6. The summed E-state index contributed by atoms with van der Waals surface area (Å²) in [6.07, 6.45) is 13.3. The van der Waals surface area contributed by atoms with Crippen molar-refractivity contribution in [1.82, 2.24) is 0 Å². The molecule has 0 radical (unpaired) electrons. The summed E-state index contributed by atoms with van der Waals surface area (Å²) in [5.41, 5.74) is 2.52. The molecule has 2 aliphatic rings. The fourth-order valence-electron chi connectivity index (χ4n) is 3.11. The van der Waals surface area contributed by atoms with Gasteiger partial charge in [0.1, 0.15) is 12.8 Å². The summed E-state index contributed by atoms with van der Waals surface area (Å²) in [6, 6.07) is 8.20. The van der Waals surface area contributed by atoms with E-state index < -0.39 is 10.1 Å². The van der Waals surface area contributed by atoms with Crippen LogP contribution < -0.4 is 0 Å². The molecule has 1 aliphatic heterocycles. The number of nitrogens with zero attached hydrogens (tertiary/aromatic N) is 1. The number of benzene rings is 1. The Morgan fingerprint density at radius 3 is 2.17 bits per heavy atom. The molecule has 128 valence electrons. The van der Waals surface area contributed by atoms with E-state index in [9.17, 15) is 8.42 Å². The van der Waals surface area contributed by atoms with Crippen LogP contribution >= 0.6 is 0 Å². The quantitative estimate of drug-likeness (QED) is 0.502. The predicted octanol–water partition coefficient (Wildman–Crippen LogP) is 3.97. The van der Waals surface area contributed by atoms with Crippen molar-refractivity contribution in [1.29, 1.82) is 0 Å². The number of rotatable bonds is 5. The van der Waals surface area contributed by atoms with Crippen LogP contribution in [0.2, 0.25) is 0 Å². The van der Waals surface area contributed by atoms with Crippen molar-refractivity contribution in [3.8, 4) is 0 Å². The first kappa shape index (κ1) is 18.1. The molecule has 0 bridgehead atoms. The Morgan fingerprint density at radius 2 is 1.57 bits per heavy atom. The molecule has 4 nitrogen and oxygen atoms in total. The molecule has 1 aliphatic carbocycles. The minimum absolute atomic E-state index is 0.150. The van der Waals surface area contributed by atoms with Crippen LogP contribution in [-0.4, -0.2) is 36.1 Å². The Labute approximate surface area is 140 Å². The van der Waals surface area contributed by atoms with Gasteiger partial charge < -0.3 is 0 Å². The largest absolute Gasteiger partial charge is 0.286 e. The first-order chi connectivity index (χ1) is 11.1. The van der Waals surface area contributed by atoms with Gasteiger partial charge in [0.2, 0.25) is 5.69 Å². The fraction of sp³-hybridized carbons (Fsp3) is 0.611. The molecule has 1 aromatic carbocycles. The van der Waals surface area contributed by atoms with Crippen molar-refractivity contribution in [3.05, 3.63) is 29.8 Å². The van der Waals surface area contributed by atoms with Gasteiger partial charge in [-0.1, -0.05) is 56.7 Å². The van der Waals surface area contributed by atoms with Crippen LogP contribution in [0.4, 0.5) is 5.69 Å². The molecular weight excluding hydrogens is 310 g/mol. The molecule has 1 aromatic rings. The third-order valence-corrected chi connectivity index (χ3v) is 5.19. The van der Waals surface area contributed by atoms with Crippen LogP contribution in [-0.2, 0) is 16.5 Å². The zero-order chi connectivity index (χ0) is 16.5. The lowest BCUT2D eigenvalue weighted by Gasteiger charge is -2.05. The van der Waals surface area contributed by atoms with Gasteiger partial charge >= 0.3 is 0 Å². The van der Waals surface area contributed by atoms with E-state index in [1.54, 1.807) is 0 Å². The van der Waals surface area contributed by atoms with E-state index in [-0.39, 0.29) is 5.75 Å². The second kappa shape index (κ2) is 9.18. The highest BCUT2D eigenvalue weighted by Gasteiger charge is 2.20. The summed E-state index contributed by atoms with van der Waals surface area (Å²) >= 11 is 0. The molecule has 3 rings (SSSR count). The molecule has 5 heteroatoms. The van der Waals surface area contributed by atoms with Crippen LogP contribution in [0.3, 0.4) is 0 Å². The fourth-order valence-corrected chi connectivity index (χ4v) is 3.68. The van der Waals surface area contributed by atoms with Crippen molar-refractivity contribution in [2.45, 2.75) is 57.8 Å². The number of hydrogen-bond donors (Lipinski definition) is 1. The predicted molar refractivity (Wildman–Crippen MR) is 94.3 cm³/mol. The van der Waals surface area contributed by atoms with E-state index in [2.05, 4.69) is 22.9 Å². The zero-order valence-corrected chi connectivity index (χ0v) is 14.6. The molecule has 1 fully saturated rings. The summed E-state index contributed by atoms with van der Waals surface area (Å²) in [5.74, 6) is -0.150. The van der Waals surface area contributed by atoms with Gasteiger partial charge in [0.15, 0.2) is 0 Å². The second-order valence-corrected chi connectivity index (χ2v) is 7.90. The zero-order valence-electron chi connectivity index (χ0n) is 13.8. The van der Waals surface area contributed by atoms with Crippen molar-refractivity contribution in [2.75, 3.05) is 12.3 Å². The van der Waals surface area contributed by atoms with Crippen molar-refractivity contribution >= 4 is 22.0 Å². The number of fused-ring (bicyclic) bond motifs is 1. The third-order valence-electron chi connectivity index (χ3n) is 4.38. The highest BCUT2D eigenvalue weighted by atomic mass is 32.2. The monoisotopic (exact) mass is 338 g/mol. The molecule has 0 saturated heterocycles. The Hall–Kier alpha value is -1.20. The Kier molecular flexibility index (Phi) is 7.24. The molecule has 23 heavy (non-hydrogen) atoms. The minimum Gasteiger partial charge on any atom is -0.286 e. The van der Waals surface area contributed by atoms with Gasteiger partial charge in [-0.2, -0.15) is 8.42 Å². The van der Waals surface area contributed by atoms with Gasteiger partial charge in [0, 0.05) is 18.1 Å². The van der Waals surface area contributed by atoms with Crippen LogP contribution in [0.15, 0.2) is 24.3 Å². The Balaban J connectivity index is 0.000000268. The highest BCUT2D eigenvalue weighted by Crippen LogP contribution is 2.23. The van der Waals surface area contributed by atoms with Gasteiger partial charge in [-0.3, -0.25) is 4.55 Å². The Bertz CT molecular complexity index is 607. The molecule has 0 aromatic heterocycles. The van der Waals surface area contributed by atoms with Crippen LogP contribution in [0.1, 0.15) is 56.9 Å². The molecule has 0 unspecified atom stereocenters. The number of unbranched alkanes of at least 4 members (excludes halogenated alkanes) is 1. The maximum Gasteiger partial charge on any atom is 0.264 e. The second-order valence-electron chi connectivity index (χ2n) is 6.32. The molecule has 1 saturated carbocycles. The first-order valence-electron chi connectivity index (χ1n) is 8.69. The molecular formula is C18H28NO3S+. The van der Waals surface area contributed by atoms with Gasteiger partial charge in [-0.05, 0) is 6.42 Å². The van der Waals surface area contributed by atoms with Crippen LogP contribution in [0.5, 0.6) is 0 Å². The van der Waals surface area contributed by atoms with E-state index in [1.165, 1.54) is 49.8 Å². The molecule has 0 amide bonds. The van der Waals surface area contributed by atoms with Gasteiger partial charge in [0.25, 0.3) is 10.1 Å². The van der Waals surface area contributed by atoms with Gasteiger partial charge in [-0.25, -0.2) is 4.58 Å². The molecule has 1 heterocycles. The van der Waals surface area contributed by atoms with Crippen LogP contribution in [0.25, 0.3) is 0 Å². The molecule has 1 N–H and O–H groups in total. The number of hydrogen-bond acceptors (Lipinski definition) is 2. The van der Waals surface area contributed by atoms with Gasteiger partial charge in [0.05, 0.1) is 12.2 Å². The summed E-state index contributed by atoms with van der Waals surface area (Å²) in [6.45, 7) is 0.798. The lowest BCUT2D eigenvalue weighted by atomic mass is 10.0. The minimum atomic E-state index is -3.81. The van der Waals surface area contributed by atoms with E-state index in [4.69, 9.17) is 4.55 Å². The summed E-state index contributed by atoms with van der Waals surface area (Å²) < 4.78 is 31.9. The molecule has 0 atom stereocenters. The highest BCUT2D eigenvalue weighted by molar-refractivity contribution is 7.85. The van der Waals surface area contributed by atoms with Crippen molar-refractivity contribution in [2.24, 2.45) is 0 Å². The summed E-state index contributed by atoms with van der Waals surface area (Å²) in [7, 11) is -3.81. The lowest BCUT2D eigenvalue weighted by Crippen LogP contribution is -2.09. The summed E-state index contributed by atoms with van der Waals surface area (Å²) in [5, 5.41) is 0. The molecule has 0 spiro atoms. The van der Waals surface area contributed by atoms with E-state index in [1.807, 2.05) is 12.1 Å². The van der Waals surface area contributed by atoms with E-state index in [0.717, 1.165) is 19.4 Å². The third kappa shape index (κ3) is 6.83. The SMILES string of the molecule is C1CCCCC1.O=S(=O)(O)CCCC[N+]1=CCc2ccccc21. The average Bonchev–Trinajstić information content (AvgIpc) is 2.96. The maximum absolute atomic E-state index is 10.6. The van der Waals surface area contributed by atoms with Crippen molar-refractivity contribution < 1.29 is 17.5 Å². The number of para-hydroxylation sites is 1. The lowest BCUT2D eigenvalue weighted by molar-refractivity contribution is -0.433. The standard InChI is InChI=1S/C12H15NO3S.C6H12/c14-17(15,16)10-4-3-8-13-9-7-11-5-1-2-6-12(11)13;1-2-4-6-5-3-1/h1-2,5-6,9H,3-4,7-8,10H2;1-6H2/p+1. The Morgan fingerprint density at radius 1 is 0.957 bits per heavy atom. The van der Waals surface area contributed by atoms with E-state index >= 15 is 0 Å². The van der Waals surface area contributed by atoms with Crippen molar-refractivity contribution in [3.63, 3.8) is 0 Å². The summed E-state index contributed by atoms with van der Waals surface area (Å²) in [4.78, 5) is 0. The first-order valence-corrected chi connectivity index (χ1v) is 10.3. The average molecular weight is 338 g/mol. The van der Waals surface area contributed by atoms with Crippen LogP contribution in [0, 0.1) is 0 Å². The smallest absolute Gasteiger partial charge is 0.264 e.